The predicted octanol–water partition coefficient (Wildman–Crippen LogP) is -0.749. The Hall–Kier alpha value is -0.210. The number of morpholine rings is 1. The molecule has 0 radical (unpaired) electrons. The predicted molar refractivity (Wildman–Crippen MR) is 56.4 cm³/mol. The Morgan fingerprint density at radius 3 is 2.40 bits per heavy atom. The molecular weight excluding hydrogens is 222 g/mol. The molecule has 0 aromatic rings. The first-order chi connectivity index (χ1) is 6.77. The van der Waals surface area contributed by atoms with Gasteiger partial charge in [-0.15, -0.1) is 0 Å². The molecule has 0 aromatic heterocycles. The highest BCUT2D eigenvalue weighted by Crippen LogP contribution is 2.15. The standard InChI is InChI=1S/C7H15NO2.CH4O3S/c1-7(2-4-9)6-8-3-5-10-7;1-5(2,3)4/h8-9H,2-6H2,1H3;1H3,(H,2,3,4). The summed E-state index contributed by atoms with van der Waals surface area (Å²) in [7, 11) is -3.67. The van der Waals surface area contributed by atoms with Crippen LogP contribution >= 0.6 is 0 Å². The first kappa shape index (κ1) is 14.8. The molecular formula is C8H19NO5S. The third kappa shape index (κ3) is 10.1. The molecule has 1 rings (SSSR count). The summed E-state index contributed by atoms with van der Waals surface area (Å²) < 4.78 is 31.4. The Morgan fingerprint density at radius 2 is 2.07 bits per heavy atom. The average molecular weight is 241 g/mol. The van der Waals surface area contributed by atoms with Gasteiger partial charge in [0.1, 0.15) is 0 Å². The van der Waals surface area contributed by atoms with Crippen LogP contribution in [0.5, 0.6) is 0 Å². The Bertz CT molecular complexity index is 245. The van der Waals surface area contributed by atoms with Crippen LogP contribution in [-0.4, -0.2) is 56.2 Å². The van der Waals surface area contributed by atoms with Crippen molar-refractivity contribution in [1.82, 2.24) is 5.32 Å². The molecule has 0 saturated carbocycles. The molecule has 6 nitrogen and oxygen atoms in total. The normalized spacial score (nSPS) is 26.7. The van der Waals surface area contributed by atoms with Gasteiger partial charge in [-0.05, 0) is 6.92 Å². The topological polar surface area (TPSA) is 95.9 Å². The van der Waals surface area contributed by atoms with E-state index in [0.29, 0.717) is 6.26 Å². The van der Waals surface area contributed by atoms with E-state index in [0.717, 1.165) is 26.1 Å². The summed E-state index contributed by atoms with van der Waals surface area (Å²) in [5, 5.41) is 11.9. The Balaban J connectivity index is 0.000000336. The van der Waals surface area contributed by atoms with Gasteiger partial charge in [0.15, 0.2) is 0 Å². The number of rotatable bonds is 2. The molecule has 1 aliphatic heterocycles. The zero-order valence-electron chi connectivity index (χ0n) is 9.06. The van der Waals surface area contributed by atoms with Gasteiger partial charge in [0, 0.05) is 26.1 Å². The molecule has 3 N–H and O–H groups in total. The minimum Gasteiger partial charge on any atom is -0.396 e. The van der Waals surface area contributed by atoms with E-state index in [2.05, 4.69) is 5.32 Å². The van der Waals surface area contributed by atoms with Gasteiger partial charge in [0.05, 0.1) is 18.5 Å². The second kappa shape index (κ2) is 6.39. The highest BCUT2D eigenvalue weighted by Gasteiger charge is 2.26. The maximum absolute atomic E-state index is 9.19. The smallest absolute Gasteiger partial charge is 0.261 e. The molecule has 0 aromatic carbocycles. The Labute approximate surface area is 90.4 Å². The number of aliphatic hydroxyl groups excluding tert-OH is 1. The van der Waals surface area contributed by atoms with Crippen molar-refractivity contribution in [1.29, 1.82) is 0 Å². The Kier molecular flexibility index (Phi) is 6.30. The number of hydrogen-bond acceptors (Lipinski definition) is 5. The van der Waals surface area contributed by atoms with E-state index in [-0.39, 0.29) is 12.2 Å². The van der Waals surface area contributed by atoms with Crippen LogP contribution in [0.2, 0.25) is 0 Å². The first-order valence-corrected chi connectivity index (χ1v) is 6.50. The summed E-state index contributed by atoms with van der Waals surface area (Å²) in [4.78, 5) is 0. The van der Waals surface area contributed by atoms with Crippen LogP contribution in [-0.2, 0) is 14.9 Å². The van der Waals surface area contributed by atoms with Crippen LogP contribution in [0.25, 0.3) is 0 Å². The van der Waals surface area contributed by atoms with E-state index in [1.54, 1.807) is 0 Å². The van der Waals surface area contributed by atoms with Crippen molar-refractivity contribution in [3.63, 3.8) is 0 Å². The molecule has 0 aliphatic carbocycles. The van der Waals surface area contributed by atoms with Crippen LogP contribution in [0.1, 0.15) is 13.3 Å². The van der Waals surface area contributed by atoms with E-state index in [4.69, 9.17) is 14.4 Å². The van der Waals surface area contributed by atoms with Gasteiger partial charge in [-0.2, -0.15) is 8.42 Å². The van der Waals surface area contributed by atoms with Crippen molar-refractivity contribution in [2.45, 2.75) is 18.9 Å². The fraction of sp³-hybridized carbons (Fsp3) is 1.00. The van der Waals surface area contributed by atoms with Crippen LogP contribution in [0.15, 0.2) is 0 Å². The lowest BCUT2D eigenvalue weighted by Gasteiger charge is -2.33. The van der Waals surface area contributed by atoms with E-state index in [9.17, 15) is 8.42 Å². The van der Waals surface area contributed by atoms with Crippen molar-refractivity contribution >= 4 is 10.1 Å². The first-order valence-electron chi connectivity index (χ1n) is 4.65. The molecule has 7 heteroatoms. The summed E-state index contributed by atoms with van der Waals surface area (Å²) in [5.74, 6) is 0. The number of nitrogens with one attached hydrogen (secondary N) is 1. The fourth-order valence-corrected chi connectivity index (χ4v) is 1.17. The number of hydrogen-bond donors (Lipinski definition) is 3. The van der Waals surface area contributed by atoms with Crippen molar-refractivity contribution in [2.75, 3.05) is 32.6 Å². The van der Waals surface area contributed by atoms with Crippen molar-refractivity contribution in [2.24, 2.45) is 0 Å². The molecule has 0 amide bonds. The van der Waals surface area contributed by atoms with E-state index >= 15 is 0 Å². The minimum atomic E-state index is -3.67. The maximum Gasteiger partial charge on any atom is 0.261 e. The highest BCUT2D eigenvalue weighted by molar-refractivity contribution is 7.85. The van der Waals surface area contributed by atoms with Gasteiger partial charge in [-0.3, -0.25) is 4.55 Å². The second-order valence-electron chi connectivity index (χ2n) is 3.68. The lowest BCUT2D eigenvalue weighted by atomic mass is 10.0. The van der Waals surface area contributed by atoms with Gasteiger partial charge in [-0.1, -0.05) is 0 Å². The minimum absolute atomic E-state index is 0.132. The molecule has 1 unspecified atom stereocenters. The van der Waals surface area contributed by atoms with Gasteiger partial charge in [0.25, 0.3) is 10.1 Å². The summed E-state index contributed by atoms with van der Waals surface area (Å²) in [6.07, 6.45) is 1.44. The summed E-state index contributed by atoms with van der Waals surface area (Å²) >= 11 is 0. The van der Waals surface area contributed by atoms with Gasteiger partial charge >= 0.3 is 0 Å². The molecule has 1 atom stereocenters. The quantitative estimate of drug-likeness (QED) is 0.551. The average Bonchev–Trinajstić information content (AvgIpc) is 2.02. The third-order valence-electron chi connectivity index (χ3n) is 1.87. The second-order valence-corrected chi connectivity index (χ2v) is 5.15. The molecule has 92 valence electrons. The van der Waals surface area contributed by atoms with Crippen molar-refractivity contribution in [3.8, 4) is 0 Å². The molecule has 15 heavy (non-hydrogen) atoms. The molecule has 1 heterocycles. The van der Waals surface area contributed by atoms with Crippen LogP contribution in [0.3, 0.4) is 0 Å². The van der Waals surface area contributed by atoms with Crippen LogP contribution in [0, 0.1) is 0 Å². The zero-order valence-corrected chi connectivity index (χ0v) is 9.88. The SMILES string of the molecule is CC1(CCO)CNCCO1.CS(=O)(=O)O. The number of ether oxygens (including phenoxy) is 1. The lowest BCUT2D eigenvalue weighted by molar-refractivity contribution is -0.0650. The summed E-state index contributed by atoms with van der Waals surface area (Å²) in [6, 6.07) is 0. The number of aliphatic hydroxyl groups is 1. The van der Waals surface area contributed by atoms with Gasteiger partial charge in [0.2, 0.25) is 0 Å². The molecule has 1 aliphatic rings. The molecule has 1 saturated heterocycles. The van der Waals surface area contributed by atoms with E-state index in [1.165, 1.54) is 0 Å². The summed E-state index contributed by atoms with van der Waals surface area (Å²) in [6.45, 7) is 4.78. The molecule has 0 spiro atoms. The molecule has 1 fully saturated rings. The van der Waals surface area contributed by atoms with Crippen molar-refractivity contribution < 1.29 is 22.8 Å². The van der Waals surface area contributed by atoms with Crippen molar-refractivity contribution in [3.05, 3.63) is 0 Å². The van der Waals surface area contributed by atoms with Crippen LogP contribution in [0.4, 0.5) is 0 Å². The largest absolute Gasteiger partial charge is 0.396 e. The van der Waals surface area contributed by atoms with Gasteiger partial charge in [-0.25, -0.2) is 0 Å². The Morgan fingerprint density at radius 1 is 1.53 bits per heavy atom. The zero-order chi connectivity index (χ0) is 11.9. The van der Waals surface area contributed by atoms with Crippen LogP contribution < -0.4 is 5.32 Å². The van der Waals surface area contributed by atoms with E-state index in [1.807, 2.05) is 6.92 Å². The highest BCUT2D eigenvalue weighted by atomic mass is 32.2. The lowest BCUT2D eigenvalue weighted by Crippen LogP contribution is -2.48. The van der Waals surface area contributed by atoms with Gasteiger partial charge < -0.3 is 15.2 Å². The monoisotopic (exact) mass is 241 g/mol. The molecule has 0 bridgehead atoms. The maximum atomic E-state index is 9.19. The summed E-state index contributed by atoms with van der Waals surface area (Å²) in [5.41, 5.74) is -0.132. The third-order valence-corrected chi connectivity index (χ3v) is 1.87. The van der Waals surface area contributed by atoms with E-state index < -0.39 is 10.1 Å². The fourth-order valence-electron chi connectivity index (χ4n) is 1.17.